The number of nitrogens with zero attached hydrogens (tertiary/aromatic N) is 3. The van der Waals surface area contributed by atoms with E-state index in [-0.39, 0.29) is 6.04 Å². The number of carboxylic acid groups (broad SMARTS) is 1. The molecule has 2 aliphatic carbocycles. The number of hydrogen-bond donors (Lipinski definition) is 1. The summed E-state index contributed by atoms with van der Waals surface area (Å²) in [6.45, 7) is 0.745. The minimum absolute atomic E-state index is 0.305. The molecule has 0 spiro atoms. The summed E-state index contributed by atoms with van der Waals surface area (Å²) in [6.07, 6.45) is 12.0. The van der Waals surface area contributed by atoms with E-state index in [1.54, 1.807) is 0 Å². The molecule has 4 rings (SSSR count). The van der Waals surface area contributed by atoms with Crippen molar-refractivity contribution in [2.45, 2.75) is 69.6 Å². The van der Waals surface area contributed by atoms with E-state index >= 15 is 0 Å². The van der Waals surface area contributed by atoms with Crippen LogP contribution in [0.25, 0.3) is 0 Å². The van der Waals surface area contributed by atoms with Crippen LogP contribution in [0, 0.1) is 5.92 Å². The zero-order valence-corrected chi connectivity index (χ0v) is 12.3. The summed E-state index contributed by atoms with van der Waals surface area (Å²) in [4.78, 5) is 18.2. The average molecular weight is 289 g/mol. The summed E-state index contributed by atoms with van der Waals surface area (Å²) in [5, 5.41) is 9.59. The molecule has 21 heavy (non-hydrogen) atoms. The lowest BCUT2D eigenvalue weighted by molar-refractivity contribution is -0.142. The van der Waals surface area contributed by atoms with Gasteiger partial charge in [-0.2, -0.15) is 0 Å². The van der Waals surface area contributed by atoms with Crippen molar-refractivity contribution < 1.29 is 9.90 Å². The quantitative estimate of drug-likeness (QED) is 0.925. The Balaban J connectivity index is 1.58. The van der Waals surface area contributed by atoms with Crippen molar-refractivity contribution in [2.24, 2.45) is 5.92 Å². The van der Waals surface area contributed by atoms with Crippen LogP contribution in [0.5, 0.6) is 0 Å². The van der Waals surface area contributed by atoms with E-state index in [1.165, 1.54) is 37.8 Å². The number of hydrogen-bond acceptors (Lipinski definition) is 3. The van der Waals surface area contributed by atoms with Crippen LogP contribution in [-0.4, -0.2) is 37.6 Å². The zero-order valence-electron chi connectivity index (χ0n) is 12.3. The highest BCUT2D eigenvalue weighted by Crippen LogP contribution is 2.41. The molecule has 0 aromatic carbocycles. The molecule has 0 amide bonds. The van der Waals surface area contributed by atoms with Crippen LogP contribution in [0.3, 0.4) is 0 Å². The normalized spacial score (nSPS) is 33.0. The molecule has 1 aliphatic heterocycles. The van der Waals surface area contributed by atoms with Crippen LogP contribution in [0.15, 0.2) is 12.5 Å². The summed E-state index contributed by atoms with van der Waals surface area (Å²) in [5.41, 5.74) is 1.19. The zero-order chi connectivity index (χ0) is 14.4. The number of imidazole rings is 1. The first-order valence-corrected chi connectivity index (χ1v) is 8.23. The number of aromatic nitrogens is 2. The predicted molar refractivity (Wildman–Crippen MR) is 77.8 cm³/mol. The van der Waals surface area contributed by atoms with Crippen molar-refractivity contribution in [2.75, 3.05) is 0 Å². The van der Waals surface area contributed by atoms with Crippen molar-refractivity contribution in [3.63, 3.8) is 0 Å². The number of carboxylic acids is 1. The fourth-order valence-corrected chi connectivity index (χ4v) is 4.35. The van der Waals surface area contributed by atoms with Gasteiger partial charge in [-0.3, -0.25) is 9.69 Å². The van der Waals surface area contributed by atoms with Crippen LogP contribution in [-0.2, 0) is 11.3 Å². The molecule has 1 aromatic rings. The Morgan fingerprint density at radius 1 is 1.29 bits per heavy atom. The van der Waals surface area contributed by atoms with Gasteiger partial charge in [0.1, 0.15) is 6.04 Å². The Bertz CT molecular complexity index is 537. The molecular formula is C16H23N3O2. The van der Waals surface area contributed by atoms with Gasteiger partial charge in [-0.1, -0.05) is 12.8 Å². The van der Waals surface area contributed by atoms with Gasteiger partial charge in [0.2, 0.25) is 0 Å². The molecule has 1 N–H and O–H groups in total. The minimum Gasteiger partial charge on any atom is -0.480 e. The lowest BCUT2D eigenvalue weighted by Crippen LogP contribution is -2.42. The van der Waals surface area contributed by atoms with Gasteiger partial charge in [0.15, 0.2) is 0 Å². The monoisotopic (exact) mass is 289 g/mol. The molecule has 3 fully saturated rings. The summed E-state index contributed by atoms with van der Waals surface area (Å²) < 4.78 is 2.26. The molecule has 5 heteroatoms. The highest BCUT2D eigenvalue weighted by molar-refractivity contribution is 5.74. The largest absolute Gasteiger partial charge is 0.480 e. The van der Waals surface area contributed by atoms with Gasteiger partial charge in [0.25, 0.3) is 0 Å². The van der Waals surface area contributed by atoms with Gasteiger partial charge in [-0.25, -0.2) is 4.98 Å². The maximum Gasteiger partial charge on any atom is 0.320 e. The number of carbonyl (C=O) groups is 1. The van der Waals surface area contributed by atoms with Crippen molar-refractivity contribution in [1.29, 1.82) is 0 Å². The van der Waals surface area contributed by atoms with Gasteiger partial charge < -0.3 is 9.67 Å². The van der Waals surface area contributed by atoms with Gasteiger partial charge in [0, 0.05) is 24.8 Å². The predicted octanol–water partition coefficient (Wildman–Crippen LogP) is 2.44. The van der Waals surface area contributed by atoms with E-state index in [1.807, 2.05) is 12.5 Å². The van der Waals surface area contributed by atoms with E-state index in [0.29, 0.717) is 18.0 Å². The van der Waals surface area contributed by atoms with E-state index in [2.05, 4.69) is 14.5 Å². The third-order valence-electron chi connectivity index (χ3n) is 5.54. The van der Waals surface area contributed by atoms with Crippen molar-refractivity contribution in [3.8, 4) is 0 Å². The fraction of sp³-hybridized carbons (Fsp3) is 0.750. The number of rotatable bonds is 4. The standard InChI is InChI=1S/C16H23N3O2/c20-16(21)15-7-11-3-1-2-4-14(11)18(15)9-13-8-17-10-19(13)12-5-6-12/h8,10-12,14-15H,1-7,9H2,(H,20,21). The summed E-state index contributed by atoms with van der Waals surface area (Å²) in [6, 6.07) is 0.763. The molecule has 0 bridgehead atoms. The summed E-state index contributed by atoms with van der Waals surface area (Å²) in [7, 11) is 0. The Morgan fingerprint density at radius 2 is 2.10 bits per heavy atom. The van der Waals surface area contributed by atoms with Gasteiger partial charge in [-0.15, -0.1) is 0 Å². The lowest BCUT2D eigenvalue weighted by Gasteiger charge is -2.33. The smallest absolute Gasteiger partial charge is 0.320 e. The van der Waals surface area contributed by atoms with Crippen LogP contribution in [0.4, 0.5) is 0 Å². The molecule has 2 heterocycles. The molecule has 3 unspecified atom stereocenters. The molecule has 3 atom stereocenters. The molecule has 3 aliphatic rings. The van der Waals surface area contributed by atoms with E-state index in [0.717, 1.165) is 19.4 Å². The molecule has 1 saturated heterocycles. The maximum atomic E-state index is 11.7. The van der Waals surface area contributed by atoms with E-state index < -0.39 is 5.97 Å². The van der Waals surface area contributed by atoms with E-state index in [4.69, 9.17) is 0 Å². The second-order valence-electron chi connectivity index (χ2n) is 6.90. The fourth-order valence-electron chi connectivity index (χ4n) is 4.35. The highest BCUT2D eigenvalue weighted by atomic mass is 16.4. The first-order valence-electron chi connectivity index (χ1n) is 8.23. The summed E-state index contributed by atoms with van der Waals surface area (Å²) >= 11 is 0. The maximum absolute atomic E-state index is 11.7. The average Bonchev–Trinajstić information content (AvgIpc) is 3.11. The molecular weight excluding hydrogens is 266 g/mol. The highest BCUT2D eigenvalue weighted by Gasteiger charge is 2.45. The minimum atomic E-state index is -0.651. The van der Waals surface area contributed by atoms with Crippen molar-refractivity contribution in [1.82, 2.24) is 14.5 Å². The molecule has 1 aromatic heterocycles. The van der Waals surface area contributed by atoms with Gasteiger partial charge in [-0.05, 0) is 38.0 Å². The second kappa shape index (κ2) is 5.13. The molecule has 2 saturated carbocycles. The Labute approximate surface area is 125 Å². The Hall–Kier alpha value is -1.36. The molecule has 114 valence electrons. The molecule has 5 nitrogen and oxygen atoms in total. The third kappa shape index (κ3) is 2.37. The van der Waals surface area contributed by atoms with Crippen LogP contribution in [0.1, 0.15) is 56.7 Å². The number of fused-ring (bicyclic) bond motifs is 1. The lowest BCUT2D eigenvalue weighted by atomic mass is 9.85. The third-order valence-corrected chi connectivity index (χ3v) is 5.54. The first-order chi connectivity index (χ1) is 10.2. The Kier molecular flexibility index (Phi) is 3.25. The number of likely N-dealkylation sites (tertiary alicyclic amines) is 1. The first kappa shape index (κ1) is 13.3. The van der Waals surface area contributed by atoms with Gasteiger partial charge >= 0.3 is 5.97 Å². The van der Waals surface area contributed by atoms with Crippen molar-refractivity contribution in [3.05, 3.63) is 18.2 Å². The van der Waals surface area contributed by atoms with Crippen molar-refractivity contribution >= 4 is 5.97 Å². The topological polar surface area (TPSA) is 58.4 Å². The van der Waals surface area contributed by atoms with Crippen LogP contribution in [0.2, 0.25) is 0 Å². The number of aliphatic carboxylic acids is 1. The second-order valence-corrected chi connectivity index (χ2v) is 6.90. The van der Waals surface area contributed by atoms with Crippen LogP contribution < -0.4 is 0 Å². The van der Waals surface area contributed by atoms with Crippen LogP contribution >= 0.6 is 0 Å². The van der Waals surface area contributed by atoms with Gasteiger partial charge in [0.05, 0.1) is 12.0 Å². The SMILES string of the molecule is O=C(O)C1CC2CCCCC2N1Cc1cncn1C1CC1. The van der Waals surface area contributed by atoms with E-state index in [9.17, 15) is 9.90 Å². The Morgan fingerprint density at radius 3 is 2.86 bits per heavy atom. The molecule has 0 radical (unpaired) electrons. The summed E-state index contributed by atoms with van der Waals surface area (Å²) in [5.74, 6) is -0.0703.